The van der Waals surface area contributed by atoms with E-state index in [1.54, 1.807) is 36.4 Å². The molecule has 0 saturated heterocycles. The Morgan fingerprint density at radius 3 is 2.39 bits per heavy atom. The van der Waals surface area contributed by atoms with Crippen LogP contribution in [0.15, 0.2) is 59.5 Å². The molecule has 3 aromatic carbocycles. The maximum atomic E-state index is 13.3. The topological polar surface area (TPSA) is 163 Å². The first-order valence-electron chi connectivity index (χ1n) is 10.8. The predicted molar refractivity (Wildman–Crippen MR) is 137 cm³/mol. The summed E-state index contributed by atoms with van der Waals surface area (Å²) < 4.78 is 26.5. The van der Waals surface area contributed by atoms with Crippen LogP contribution in [0.5, 0.6) is 5.75 Å². The van der Waals surface area contributed by atoms with Crippen LogP contribution in [0.2, 0.25) is 5.02 Å². The first-order chi connectivity index (χ1) is 17.0. The number of nitrogens with one attached hydrogen (secondary N) is 2. The monoisotopic (exact) mass is 527 g/mol. The molecule has 0 aliphatic heterocycles. The van der Waals surface area contributed by atoms with E-state index in [4.69, 9.17) is 17.3 Å². The minimum atomic E-state index is -4.05. The largest absolute Gasteiger partial charge is 0.505 e. The number of anilines is 1. The number of hydrogen-bond donors (Lipinski definition) is 5. The fourth-order valence-corrected chi connectivity index (χ4v) is 5.32. The van der Waals surface area contributed by atoms with Crippen LogP contribution < -0.4 is 11.1 Å². The molecule has 11 heteroatoms. The van der Waals surface area contributed by atoms with Gasteiger partial charge in [0.05, 0.1) is 21.9 Å². The average molecular weight is 528 g/mol. The number of carbonyl (C=O) groups is 2. The van der Waals surface area contributed by atoms with Gasteiger partial charge in [-0.1, -0.05) is 48.9 Å². The molecule has 1 heterocycles. The van der Waals surface area contributed by atoms with Gasteiger partial charge in [0.15, 0.2) is 15.6 Å². The molecule has 9 nitrogen and oxygen atoms in total. The Morgan fingerprint density at radius 2 is 1.78 bits per heavy atom. The van der Waals surface area contributed by atoms with Crippen molar-refractivity contribution >= 4 is 49.9 Å². The second-order valence-corrected chi connectivity index (χ2v) is 10.7. The first-order valence-corrected chi connectivity index (χ1v) is 12.8. The van der Waals surface area contributed by atoms with Crippen LogP contribution in [0.4, 0.5) is 5.69 Å². The highest BCUT2D eigenvalue weighted by Gasteiger charge is 2.32. The third kappa shape index (κ3) is 4.48. The minimum absolute atomic E-state index is 0.00564. The van der Waals surface area contributed by atoms with E-state index in [0.29, 0.717) is 10.9 Å². The molecule has 4 aromatic rings. The van der Waals surface area contributed by atoms with Crippen LogP contribution in [0, 0.1) is 0 Å². The number of aromatic nitrogens is 1. The van der Waals surface area contributed by atoms with Crippen molar-refractivity contribution in [3.05, 3.63) is 76.4 Å². The highest BCUT2D eigenvalue weighted by Crippen LogP contribution is 2.47. The summed E-state index contributed by atoms with van der Waals surface area (Å²) in [5.41, 5.74) is 5.64. The number of benzene rings is 3. The van der Waals surface area contributed by atoms with Crippen molar-refractivity contribution in [2.75, 3.05) is 11.1 Å². The summed E-state index contributed by atoms with van der Waals surface area (Å²) in [6.45, 7) is 1.54. The number of amides is 1. The van der Waals surface area contributed by atoms with Gasteiger partial charge in [-0.15, -0.1) is 0 Å². The molecule has 186 valence electrons. The normalized spacial score (nSPS) is 11.5. The number of fused-ring (bicyclic) bond motifs is 1. The van der Waals surface area contributed by atoms with Crippen LogP contribution in [-0.2, 0) is 16.4 Å². The summed E-state index contributed by atoms with van der Waals surface area (Å²) in [5.74, 6) is -3.36. The summed E-state index contributed by atoms with van der Waals surface area (Å²) in [6, 6.07) is 14.6. The number of carboxylic acid groups (broad SMARTS) is 1. The number of halogens is 1. The molecule has 0 saturated carbocycles. The molecule has 4 rings (SSSR count). The molecule has 1 amide bonds. The Kier molecular flexibility index (Phi) is 6.66. The molecule has 0 atom stereocenters. The number of sulfone groups is 1. The van der Waals surface area contributed by atoms with Crippen LogP contribution in [-0.4, -0.2) is 41.2 Å². The van der Waals surface area contributed by atoms with Crippen molar-refractivity contribution in [3.63, 3.8) is 0 Å². The lowest BCUT2D eigenvalue weighted by Gasteiger charge is -2.20. The number of nitrogens with two attached hydrogens (primary N) is 1. The van der Waals surface area contributed by atoms with Crippen LogP contribution in [0.3, 0.4) is 0 Å². The zero-order valence-corrected chi connectivity index (χ0v) is 20.6. The molecule has 0 fully saturated rings. The lowest BCUT2D eigenvalue weighted by Crippen LogP contribution is -2.16. The highest BCUT2D eigenvalue weighted by molar-refractivity contribution is 7.91. The molecular weight excluding hydrogens is 506 g/mol. The Bertz CT molecular complexity index is 1610. The number of hydrogen-bond acceptors (Lipinski definition) is 6. The van der Waals surface area contributed by atoms with E-state index >= 15 is 0 Å². The molecule has 0 aliphatic rings. The lowest BCUT2D eigenvalue weighted by atomic mass is 9.96. The van der Waals surface area contributed by atoms with Crippen molar-refractivity contribution in [2.45, 2.75) is 18.4 Å². The summed E-state index contributed by atoms with van der Waals surface area (Å²) in [7, 11) is -4.05. The van der Waals surface area contributed by atoms with Gasteiger partial charge in [0.2, 0.25) is 0 Å². The molecule has 0 radical (unpaired) electrons. The molecule has 1 aromatic heterocycles. The van der Waals surface area contributed by atoms with Crippen molar-refractivity contribution in [1.29, 1.82) is 0 Å². The summed E-state index contributed by atoms with van der Waals surface area (Å²) in [5, 5.41) is 24.7. The van der Waals surface area contributed by atoms with Gasteiger partial charge in [-0.2, -0.15) is 0 Å². The molecule has 0 unspecified atom stereocenters. The van der Waals surface area contributed by atoms with E-state index in [0.717, 1.165) is 11.6 Å². The highest BCUT2D eigenvalue weighted by atomic mass is 35.5. The second-order valence-electron chi connectivity index (χ2n) is 8.00. The Balaban J connectivity index is 2.16. The molecular formula is C25H22ClN3O6S. The Hall–Kier alpha value is -4.02. The van der Waals surface area contributed by atoms with E-state index in [2.05, 4.69) is 10.3 Å². The van der Waals surface area contributed by atoms with Gasteiger partial charge in [0.1, 0.15) is 5.69 Å². The lowest BCUT2D eigenvalue weighted by molar-refractivity contribution is 0.0692. The summed E-state index contributed by atoms with van der Waals surface area (Å²) >= 11 is 6.20. The van der Waals surface area contributed by atoms with Crippen molar-refractivity contribution < 1.29 is 28.2 Å². The van der Waals surface area contributed by atoms with Crippen molar-refractivity contribution in [3.8, 4) is 16.9 Å². The van der Waals surface area contributed by atoms with Gasteiger partial charge in [-0.3, -0.25) is 4.79 Å². The zero-order valence-electron chi connectivity index (χ0n) is 19.0. The smallest absolute Gasteiger partial charge is 0.352 e. The summed E-state index contributed by atoms with van der Waals surface area (Å²) in [6.07, 6.45) is 0. The number of aromatic carboxylic acids is 1. The van der Waals surface area contributed by atoms with Gasteiger partial charge < -0.3 is 26.2 Å². The zero-order chi connectivity index (χ0) is 26.2. The number of aromatic hydroxyl groups is 1. The molecule has 0 aliphatic carbocycles. The van der Waals surface area contributed by atoms with E-state index in [-0.39, 0.29) is 44.7 Å². The fraction of sp³-hybridized carbons (Fsp3) is 0.120. The third-order valence-electron chi connectivity index (χ3n) is 5.78. The fourth-order valence-electron chi connectivity index (χ4n) is 4.03. The molecule has 0 spiro atoms. The summed E-state index contributed by atoms with van der Waals surface area (Å²) in [4.78, 5) is 26.9. The van der Waals surface area contributed by atoms with E-state index in [1.807, 2.05) is 6.07 Å². The van der Waals surface area contributed by atoms with Gasteiger partial charge in [0, 0.05) is 33.6 Å². The third-order valence-corrected chi connectivity index (χ3v) is 7.77. The number of aromatic amines is 1. The van der Waals surface area contributed by atoms with E-state index in [1.165, 1.54) is 13.0 Å². The minimum Gasteiger partial charge on any atom is -0.505 e. The van der Waals surface area contributed by atoms with Gasteiger partial charge in [-0.05, 0) is 29.8 Å². The maximum absolute atomic E-state index is 13.3. The van der Waals surface area contributed by atoms with Gasteiger partial charge >= 0.3 is 5.97 Å². The standard InChI is InChI=1S/C25H22ClN3O6S/c1-2-36(34,35)18-11-16(24(27)31)23(30)21(28-12-13-6-4-3-5-7-13)20(18)19-15-10-14(26)8-9-17(15)29-22(19)25(32)33/h3-11,28-30H,2,12H2,1H3,(H2,27,31)(H,32,33). The van der Waals surface area contributed by atoms with Gasteiger partial charge in [0.25, 0.3) is 5.91 Å². The number of phenols is 1. The Morgan fingerprint density at radius 1 is 1.08 bits per heavy atom. The predicted octanol–water partition coefficient (Wildman–Crippen LogP) is 4.40. The van der Waals surface area contributed by atoms with E-state index in [9.17, 15) is 28.2 Å². The number of carboxylic acids is 1. The van der Waals surface area contributed by atoms with Crippen molar-refractivity contribution in [2.24, 2.45) is 5.73 Å². The van der Waals surface area contributed by atoms with Crippen molar-refractivity contribution in [1.82, 2.24) is 4.98 Å². The van der Waals surface area contributed by atoms with Crippen LogP contribution >= 0.6 is 11.6 Å². The SMILES string of the molecule is CCS(=O)(=O)c1cc(C(N)=O)c(O)c(NCc2ccccc2)c1-c1c(C(=O)O)[nH]c2ccc(Cl)cc12. The average Bonchev–Trinajstić information content (AvgIpc) is 3.21. The number of primary amides is 1. The molecule has 0 bridgehead atoms. The number of H-pyrrole nitrogens is 1. The quantitative estimate of drug-likeness (QED) is 0.212. The van der Waals surface area contributed by atoms with Gasteiger partial charge in [-0.25, -0.2) is 13.2 Å². The maximum Gasteiger partial charge on any atom is 0.352 e. The van der Waals surface area contributed by atoms with E-state index < -0.39 is 33.0 Å². The van der Waals surface area contributed by atoms with Crippen LogP contribution in [0.25, 0.3) is 22.0 Å². The van der Waals surface area contributed by atoms with Crippen LogP contribution in [0.1, 0.15) is 33.3 Å². The Labute approximate surface area is 211 Å². The number of rotatable bonds is 8. The number of carbonyl (C=O) groups excluding carboxylic acids is 1. The molecule has 6 N–H and O–H groups in total. The molecule has 36 heavy (non-hydrogen) atoms. The first kappa shape index (κ1) is 25.1. The second kappa shape index (κ2) is 9.56.